The van der Waals surface area contributed by atoms with E-state index in [-0.39, 0.29) is 17.2 Å². The summed E-state index contributed by atoms with van der Waals surface area (Å²) in [5, 5.41) is 0. The number of nitrogens with zero attached hydrogens (tertiary/aromatic N) is 1. The number of esters is 1. The van der Waals surface area contributed by atoms with E-state index in [0.29, 0.717) is 5.56 Å². The highest BCUT2D eigenvalue weighted by atomic mass is 19.4. The summed E-state index contributed by atoms with van der Waals surface area (Å²) < 4.78 is 43.3. The van der Waals surface area contributed by atoms with Gasteiger partial charge in [-0.25, -0.2) is 9.79 Å². The minimum Gasteiger partial charge on any atom is -0.402 e. The third-order valence-corrected chi connectivity index (χ3v) is 3.40. The van der Waals surface area contributed by atoms with Crippen LogP contribution in [0.1, 0.15) is 22.3 Å². The van der Waals surface area contributed by atoms with Gasteiger partial charge in [0.15, 0.2) is 5.70 Å². The summed E-state index contributed by atoms with van der Waals surface area (Å²) in [6.07, 6.45) is -3.17. The van der Waals surface area contributed by atoms with E-state index < -0.39 is 17.7 Å². The summed E-state index contributed by atoms with van der Waals surface area (Å²) in [5.74, 6) is -0.550. The number of hydrogen-bond donors (Lipinski definition) is 0. The number of aliphatic imine (C=N–C) groups is 1. The highest BCUT2D eigenvalue weighted by molar-refractivity contribution is 6.12. The second-order valence-electron chi connectivity index (χ2n) is 5.33. The van der Waals surface area contributed by atoms with Crippen molar-refractivity contribution in [3.63, 3.8) is 0 Å². The van der Waals surface area contributed by atoms with Crippen molar-refractivity contribution in [1.29, 1.82) is 0 Å². The lowest BCUT2D eigenvalue weighted by Gasteiger charge is -2.06. The average molecular weight is 331 g/mol. The smallest absolute Gasteiger partial charge is 0.402 e. The molecule has 1 aliphatic heterocycles. The lowest BCUT2D eigenvalue weighted by molar-refractivity contribution is -0.137. The number of benzene rings is 2. The van der Waals surface area contributed by atoms with E-state index >= 15 is 0 Å². The van der Waals surface area contributed by atoms with Gasteiger partial charge in [0.1, 0.15) is 0 Å². The molecule has 0 unspecified atom stereocenters. The Morgan fingerprint density at radius 2 is 1.83 bits per heavy atom. The van der Waals surface area contributed by atoms with Crippen LogP contribution in [-0.4, -0.2) is 11.9 Å². The molecule has 1 aliphatic rings. The van der Waals surface area contributed by atoms with E-state index in [1.165, 1.54) is 18.2 Å². The summed E-state index contributed by atoms with van der Waals surface area (Å²) in [7, 11) is 0. The van der Waals surface area contributed by atoms with Gasteiger partial charge in [-0.1, -0.05) is 29.8 Å². The maximum atomic E-state index is 12.7. The number of rotatable bonds is 2. The average Bonchev–Trinajstić information content (AvgIpc) is 2.88. The van der Waals surface area contributed by atoms with Gasteiger partial charge in [0.05, 0.1) is 5.56 Å². The van der Waals surface area contributed by atoms with E-state index in [0.717, 1.165) is 17.7 Å². The van der Waals surface area contributed by atoms with E-state index in [1.54, 1.807) is 18.2 Å². The van der Waals surface area contributed by atoms with Crippen molar-refractivity contribution in [2.75, 3.05) is 0 Å². The fourth-order valence-corrected chi connectivity index (χ4v) is 2.27. The van der Waals surface area contributed by atoms with Gasteiger partial charge in [-0.3, -0.25) is 0 Å². The number of aryl methyl sites for hydroxylation is 1. The van der Waals surface area contributed by atoms with Crippen LogP contribution in [0.4, 0.5) is 13.2 Å². The van der Waals surface area contributed by atoms with E-state index in [4.69, 9.17) is 4.74 Å². The summed E-state index contributed by atoms with van der Waals surface area (Å²) >= 11 is 0. The van der Waals surface area contributed by atoms with Gasteiger partial charge >= 0.3 is 12.1 Å². The largest absolute Gasteiger partial charge is 0.416 e. The number of hydrogen-bond acceptors (Lipinski definition) is 3. The molecule has 0 radical (unpaired) electrons. The molecule has 0 N–H and O–H groups in total. The molecule has 0 spiro atoms. The van der Waals surface area contributed by atoms with Crippen molar-refractivity contribution >= 4 is 17.9 Å². The van der Waals surface area contributed by atoms with Crippen molar-refractivity contribution in [2.24, 2.45) is 4.99 Å². The molecule has 0 saturated carbocycles. The zero-order chi connectivity index (χ0) is 17.3. The number of carbonyl (C=O) groups is 1. The topological polar surface area (TPSA) is 38.7 Å². The molecule has 0 aromatic heterocycles. The standard InChI is InChI=1S/C18H12F3NO2/c1-11-4-2-6-13(8-11)16-22-15(17(23)24-16)10-12-5-3-7-14(9-12)18(19,20)21/h2-10H,1H3. The third kappa shape index (κ3) is 3.37. The lowest BCUT2D eigenvalue weighted by Crippen LogP contribution is -2.05. The molecule has 3 nitrogen and oxygen atoms in total. The number of alkyl halides is 3. The molecule has 2 aromatic rings. The second-order valence-corrected chi connectivity index (χ2v) is 5.33. The minimum absolute atomic E-state index is 0.0363. The SMILES string of the molecule is Cc1cccc(C2=NC(=Cc3cccc(C(F)(F)F)c3)C(=O)O2)c1. The predicted molar refractivity (Wildman–Crippen MR) is 83.2 cm³/mol. The van der Waals surface area contributed by atoms with Crippen molar-refractivity contribution < 1.29 is 22.7 Å². The quantitative estimate of drug-likeness (QED) is 0.606. The van der Waals surface area contributed by atoms with Crippen LogP contribution in [0.2, 0.25) is 0 Å². The van der Waals surface area contributed by atoms with Gasteiger partial charge in [-0.15, -0.1) is 0 Å². The maximum Gasteiger partial charge on any atom is 0.416 e. The molecule has 122 valence electrons. The molecule has 6 heteroatoms. The summed E-state index contributed by atoms with van der Waals surface area (Å²) in [4.78, 5) is 16.0. The molecule has 24 heavy (non-hydrogen) atoms. The molecule has 0 atom stereocenters. The van der Waals surface area contributed by atoms with Crippen LogP contribution in [0.25, 0.3) is 6.08 Å². The van der Waals surface area contributed by atoms with E-state index in [9.17, 15) is 18.0 Å². The summed E-state index contributed by atoms with van der Waals surface area (Å²) in [6.45, 7) is 1.89. The zero-order valence-electron chi connectivity index (χ0n) is 12.6. The summed E-state index contributed by atoms with van der Waals surface area (Å²) in [6, 6.07) is 11.9. The Kier molecular flexibility index (Phi) is 3.97. The Morgan fingerprint density at radius 3 is 2.54 bits per heavy atom. The van der Waals surface area contributed by atoms with Crippen molar-refractivity contribution in [2.45, 2.75) is 13.1 Å². The van der Waals surface area contributed by atoms with Crippen LogP contribution in [0.5, 0.6) is 0 Å². The van der Waals surface area contributed by atoms with Crippen LogP contribution in [0, 0.1) is 6.92 Å². The molecule has 0 aliphatic carbocycles. The van der Waals surface area contributed by atoms with Gasteiger partial charge in [0.25, 0.3) is 0 Å². The van der Waals surface area contributed by atoms with Crippen LogP contribution < -0.4 is 0 Å². The molecule has 0 saturated heterocycles. The van der Waals surface area contributed by atoms with Crippen LogP contribution in [-0.2, 0) is 15.7 Å². The fraction of sp³-hybridized carbons (Fsp3) is 0.111. The second kappa shape index (κ2) is 5.96. The monoisotopic (exact) mass is 331 g/mol. The third-order valence-electron chi connectivity index (χ3n) is 3.40. The van der Waals surface area contributed by atoms with Crippen LogP contribution >= 0.6 is 0 Å². The molecule has 2 aromatic carbocycles. The predicted octanol–water partition coefficient (Wildman–Crippen LogP) is 4.36. The van der Waals surface area contributed by atoms with Crippen LogP contribution in [0.3, 0.4) is 0 Å². The highest BCUT2D eigenvalue weighted by Gasteiger charge is 2.30. The molecule has 0 fully saturated rings. The van der Waals surface area contributed by atoms with Crippen molar-refractivity contribution in [1.82, 2.24) is 0 Å². The van der Waals surface area contributed by atoms with E-state index in [2.05, 4.69) is 4.99 Å². The fourth-order valence-electron chi connectivity index (χ4n) is 2.27. The molecule has 0 bridgehead atoms. The lowest BCUT2D eigenvalue weighted by atomic mass is 10.1. The number of carbonyl (C=O) groups excluding carboxylic acids is 1. The Balaban J connectivity index is 1.95. The first-order valence-corrected chi connectivity index (χ1v) is 7.10. The normalized spacial score (nSPS) is 16.2. The first-order chi connectivity index (χ1) is 11.3. The van der Waals surface area contributed by atoms with Gasteiger partial charge in [-0.2, -0.15) is 13.2 Å². The molecule has 0 amide bonds. The van der Waals surface area contributed by atoms with Gasteiger partial charge in [0, 0.05) is 5.56 Å². The Bertz CT molecular complexity index is 867. The van der Waals surface area contributed by atoms with Gasteiger partial charge < -0.3 is 4.74 Å². The molecular weight excluding hydrogens is 319 g/mol. The molecular formula is C18H12F3NO2. The number of halogens is 3. The summed E-state index contributed by atoms with van der Waals surface area (Å²) in [5.41, 5.74) is 1.01. The van der Waals surface area contributed by atoms with Gasteiger partial charge in [-0.05, 0) is 42.8 Å². The van der Waals surface area contributed by atoms with Gasteiger partial charge in [0.2, 0.25) is 5.90 Å². The number of ether oxygens (including phenoxy) is 1. The first-order valence-electron chi connectivity index (χ1n) is 7.10. The minimum atomic E-state index is -4.44. The Hall–Kier alpha value is -2.89. The van der Waals surface area contributed by atoms with Crippen molar-refractivity contribution in [3.8, 4) is 0 Å². The molecule has 1 heterocycles. The first kappa shape index (κ1) is 16.0. The van der Waals surface area contributed by atoms with E-state index in [1.807, 2.05) is 13.0 Å². The number of cyclic esters (lactones) is 1. The highest BCUT2D eigenvalue weighted by Crippen LogP contribution is 2.30. The molecule has 3 rings (SSSR count). The zero-order valence-corrected chi connectivity index (χ0v) is 12.6. The maximum absolute atomic E-state index is 12.7. The Morgan fingerprint density at radius 1 is 1.08 bits per heavy atom. The Labute approximate surface area is 136 Å². The van der Waals surface area contributed by atoms with Crippen LogP contribution in [0.15, 0.2) is 59.2 Å². The van der Waals surface area contributed by atoms with Crippen molar-refractivity contribution in [3.05, 3.63) is 76.5 Å².